The summed E-state index contributed by atoms with van der Waals surface area (Å²) in [6, 6.07) is 5.26. The molecule has 1 saturated heterocycles. The van der Waals surface area contributed by atoms with E-state index in [0.717, 1.165) is 11.1 Å². The molecule has 0 spiro atoms. The van der Waals surface area contributed by atoms with Crippen LogP contribution in [0, 0.1) is 0 Å². The van der Waals surface area contributed by atoms with E-state index in [1.54, 1.807) is 6.07 Å². The smallest absolute Gasteiger partial charge is 0.315 e. The molecule has 10 heteroatoms. The fraction of sp³-hybridized carbons (Fsp3) is 0.389. The lowest BCUT2D eigenvalue weighted by atomic mass is 10.0. The molecule has 1 aromatic heterocycles. The van der Waals surface area contributed by atoms with Crippen molar-refractivity contribution in [2.75, 3.05) is 11.9 Å². The van der Waals surface area contributed by atoms with Gasteiger partial charge in [0.05, 0.1) is 0 Å². The highest BCUT2D eigenvalue weighted by atomic mass is 16.4. The Morgan fingerprint density at radius 2 is 2.14 bits per heavy atom. The Morgan fingerprint density at radius 1 is 1.29 bits per heavy atom. The molecular weight excluding hydrogens is 364 g/mol. The SMILES string of the molecule is NCCc1nnc(NCc2ccc3c(c2)C(=O)N(C2CCC(=O)NC2=O)C3)o1. The van der Waals surface area contributed by atoms with Gasteiger partial charge in [0.2, 0.25) is 17.7 Å². The zero-order valence-electron chi connectivity index (χ0n) is 15.1. The van der Waals surface area contributed by atoms with Crippen LogP contribution in [-0.2, 0) is 29.1 Å². The molecule has 4 rings (SSSR count). The van der Waals surface area contributed by atoms with Crippen LogP contribution in [0.2, 0.25) is 0 Å². The minimum atomic E-state index is -0.612. The highest BCUT2D eigenvalue weighted by Crippen LogP contribution is 2.28. The van der Waals surface area contributed by atoms with E-state index >= 15 is 0 Å². The van der Waals surface area contributed by atoms with Crippen molar-refractivity contribution in [3.05, 3.63) is 40.8 Å². The van der Waals surface area contributed by atoms with Gasteiger partial charge in [0, 0.05) is 38.0 Å². The van der Waals surface area contributed by atoms with Crippen molar-refractivity contribution in [3.8, 4) is 0 Å². The molecule has 3 amide bonds. The molecular formula is C18H20N6O4. The number of imide groups is 1. The fourth-order valence-corrected chi connectivity index (χ4v) is 3.44. The first-order valence-corrected chi connectivity index (χ1v) is 9.08. The lowest BCUT2D eigenvalue weighted by Crippen LogP contribution is -2.52. The molecule has 0 radical (unpaired) electrons. The van der Waals surface area contributed by atoms with Gasteiger partial charge in [-0.1, -0.05) is 17.2 Å². The van der Waals surface area contributed by atoms with Crippen molar-refractivity contribution >= 4 is 23.7 Å². The maximum absolute atomic E-state index is 12.8. The van der Waals surface area contributed by atoms with Gasteiger partial charge in [-0.25, -0.2) is 0 Å². The summed E-state index contributed by atoms with van der Waals surface area (Å²) < 4.78 is 5.42. The van der Waals surface area contributed by atoms with Crippen LogP contribution in [0.15, 0.2) is 22.6 Å². The zero-order valence-corrected chi connectivity index (χ0v) is 15.1. The molecule has 2 aliphatic rings. The molecule has 0 saturated carbocycles. The Morgan fingerprint density at radius 3 is 2.93 bits per heavy atom. The summed E-state index contributed by atoms with van der Waals surface area (Å²) in [5.41, 5.74) is 7.76. The Hall–Kier alpha value is -3.27. The van der Waals surface area contributed by atoms with E-state index in [-0.39, 0.29) is 18.2 Å². The van der Waals surface area contributed by atoms with E-state index in [4.69, 9.17) is 10.2 Å². The third-order valence-corrected chi connectivity index (χ3v) is 4.86. The van der Waals surface area contributed by atoms with Crippen molar-refractivity contribution in [1.29, 1.82) is 0 Å². The Kier molecular flexibility index (Phi) is 4.78. The van der Waals surface area contributed by atoms with Crippen molar-refractivity contribution in [2.45, 2.75) is 38.4 Å². The molecule has 4 N–H and O–H groups in total. The predicted octanol–water partition coefficient (Wildman–Crippen LogP) is -0.0561. The summed E-state index contributed by atoms with van der Waals surface area (Å²) in [6.45, 7) is 1.20. The standard InChI is InChI=1S/C18H20N6O4/c19-6-5-15-22-23-18(28-15)20-8-10-1-2-11-9-24(17(27)12(11)7-10)13-3-4-14(25)21-16(13)26/h1-2,7,13H,3-6,8-9,19H2,(H,20,23)(H,21,25,26). The van der Waals surface area contributed by atoms with E-state index in [1.165, 1.54) is 4.90 Å². The molecule has 3 heterocycles. The number of amides is 3. The summed E-state index contributed by atoms with van der Waals surface area (Å²) >= 11 is 0. The first-order valence-electron chi connectivity index (χ1n) is 9.08. The summed E-state index contributed by atoms with van der Waals surface area (Å²) in [7, 11) is 0. The average molecular weight is 384 g/mol. The molecule has 2 aliphatic heterocycles. The van der Waals surface area contributed by atoms with E-state index in [9.17, 15) is 14.4 Å². The number of anilines is 1. The van der Waals surface area contributed by atoms with E-state index in [2.05, 4.69) is 20.8 Å². The number of nitrogens with two attached hydrogens (primary N) is 1. The van der Waals surface area contributed by atoms with Crippen LogP contribution in [0.5, 0.6) is 0 Å². The monoisotopic (exact) mass is 384 g/mol. The molecule has 1 atom stereocenters. The lowest BCUT2D eigenvalue weighted by molar-refractivity contribution is -0.136. The van der Waals surface area contributed by atoms with Crippen LogP contribution in [0.25, 0.3) is 0 Å². The number of piperidine rings is 1. The van der Waals surface area contributed by atoms with Gasteiger partial charge >= 0.3 is 6.01 Å². The largest absolute Gasteiger partial charge is 0.408 e. The van der Waals surface area contributed by atoms with Gasteiger partial charge in [0.15, 0.2) is 0 Å². The van der Waals surface area contributed by atoms with Crippen LogP contribution >= 0.6 is 0 Å². The van der Waals surface area contributed by atoms with E-state index < -0.39 is 11.9 Å². The second-order valence-corrected chi connectivity index (χ2v) is 6.78. The first-order chi connectivity index (χ1) is 13.5. The number of carbonyl (C=O) groups excluding carboxylic acids is 3. The average Bonchev–Trinajstić information content (AvgIpc) is 3.25. The highest BCUT2D eigenvalue weighted by Gasteiger charge is 2.39. The van der Waals surface area contributed by atoms with E-state index in [0.29, 0.717) is 49.9 Å². The summed E-state index contributed by atoms with van der Waals surface area (Å²) in [5, 5.41) is 13.1. The van der Waals surface area contributed by atoms with Crippen LogP contribution in [0.3, 0.4) is 0 Å². The third-order valence-electron chi connectivity index (χ3n) is 4.86. The molecule has 1 aromatic carbocycles. The second-order valence-electron chi connectivity index (χ2n) is 6.78. The Bertz CT molecular complexity index is 940. The molecule has 0 aliphatic carbocycles. The van der Waals surface area contributed by atoms with Gasteiger partial charge in [-0.3, -0.25) is 19.7 Å². The number of fused-ring (bicyclic) bond motifs is 1. The van der Waals surface area contributed by atoms with Gasteiger partial charge < -0.3 is 20.4 Å². The molecule has 28 heavy (non-hydrogen) atoms. The molecule has 2 aromatic rings. The van der Waals surface area contributed by atoms with Crippen LogP contribution in [0.4, 0.5) is 6.01 Å². The van der Waals surface area contributed by atoms with Crippen LogP contribution < -0.4 is 16.4 Å². The number of hydrogen-bond donors (Lipinski definition) is 3. The molecule has 0 bridgehead atoms. The zero-order chi connectivity index (χ0) is 19.7. The van der Waals surface area contributed by atoms with Crippen molar-refractivity contribution < 1.29 is 18.8 Å². The Balaban J connectivity index is 1.43. The van der Waals surface area contributed by atoms with E-state index in [1.807, 2.05) is 12.1 Å². The minimum Gasteiger partial charge on any atom is -0.408 e. The van der Waals surface area contributed by atoms with Crippen molar-refractivity contribution in [3.63, 3.8) is 0 Å². The minimum absolute atomic E-state index is 0.200. The van der Waals surface area contributed by atoms with Gasteiger partial charge in [0.25, 0.3) is 5.91 Å². The van der Waals surface area contributed by atoms with Crippen molar-refractivity contribution in [1.82, 2.24) is 20.4 Å². The van der Waals surface area contributed by atoms with Gasteiger partial charge in [0.1, 0.15) is 6.04 Å². The highest BCUT2D eigenvalue weighted by molar-refractivity contribution is 6.05. The third kappa shape index (κ3) is 3.46. The lowest BCUT2D eigenvalue weighted by Gasteiger charge is -2.29. The molecule has 1 fully saturated rings. The number of carbonyl (C=O) groups is 3. The van der Waals surface area contributed by atoms with Gasteiger partial charge in [-0.05, 0) is 23.6 Å². The summed E-state index contributed by atoms with van der Waals surface area (Å²) in [4.78, 5) is 37.8. The Labute approximate surface area is 160 Å². The second kappa shape index (κ2) is 7.39. The molecule has 146 valence electrons. The number of rotatable bonds is 6. The van der Waals surface area contributed by atoms with Gasteiger partial charge in [-0.15, -0.1) is 5.10 Å². The van der Waals surface area contributed by atoms with Gasteiger partial charge in [-0.2, -0.15) is 0 Å². The fourth-order valence-electron chi connectivity index (χ4n) is 3.44. The number of aromatic nitrogens is 2. The molecule has 1 unspecified atom stereocenters. The predicted molar refractivity (Wildman–Crippen MR) is 96.9 cm³/mol. The number of nitrogens with one attached hydrogen (secondary N) is 2. The van der Waals surface area contributed by atoms with Crippen molar-refractivity contribution in [2.24, 2.45) is 5.73 Å². The number of hydrogen-bond acceptors (Lipinski definition) is 8. The normalized spacial score (nSPS) is 19.0. The van der Waals surface area contributed by atoms with Crippen LogP contribution in [0.1, 0.15) is 40.2 Å². The maximum atomic E-state index is 12.8. The maximum Gasteiger partial charge on any atom is 0.315 e. The quantitative estimate of drug-likeness (QED) is 0.588. The number of nitrogens with zero attached hydrogens (tertiary/aromatic N) is 3. The topological polar surface area (TPSA) is 143 Å². The summed E-state index contributed by atoms with van der Waals surface area (Å²) in [6.07, 6.45) is 1.10. The van der Waals surface area contributed by atoms with Crippen LogP contribution in [-0.4, -0.2) is 45.4 Å². The first kappa shape index (κ1) is 18.1. The molecule has 10 nitrogen and oxygen atoms in total. The number of benzene rings is 1. The summed E-state index contributed by atoms with van der Waals surface area (Å²) in [5.74, 6) is -0.443.